The molecule has 1 N–H and O–H groups in total. The number of hydrogen-bond acceptors (Lipinski definition) is 5. The van der Waals surface area contributed by atoms with Crippen LogP contribution in [0.5, 0.6) is 0 Å². The molecule has 192 valence electrons. The Morgan fingerprint density at radius 1 is 1.16 bits per heavy atom. The van der Waals surface area contributed by atoms with Crippen LogP contribution in [0, 0.1) is 23.1 Å². The molecule has 0 spiro atoms. The second kappa shape index (κ2) is 9.53. The molecule has 3 heterocycles. The van der Waals surface area contributed by atoms with Crippen molar-refractivity contribution in [3.8, 4) is 23.3 Å². The van der Waals surface area contributed by atoms with Gasteiger partial charge in [0.15, 0.2) is 0 Å². The van der Waals surface area contributed by atoms with Crippen molar-refractivity contribution in [2.24, 2.45) is 0 Å². The number of pyridine rings is 2. The summed E-state index contributed by atoms with van der Waals surface area (Å²) in [6.45, 7) is 2.39. The number of nitrogens with zero attached hydrogens (tertiary/aromatic N) is 4. The molecule has 1 unspecified atom stereocenters. The maximum absolute atomic E-state index is 14.7. The SMILES string of the molecule is CCc1cc2c(cc1F)c(C#N)c(-c1ccc(S(=O)(=O)NC(C)C(F)(F)F)cn1)n2-c1cccc(F)n1. The number of halogens is 5. The smallest absolute Gasteiger partial charge is 0.291 e. The number of nitriles is 1. The van der Waals surface area contributed by atoms with E-state index < -0.39 is 38.9 Å². The number of hydrogen-bond donors (Lipinski definition) is 1. The highest BCUT2D eigenvalue weighted by Crippen LogP contribution is 2.36. The monoisotopic (exact) mass is 535 g/mol. The molecule has 0 aliphatic rings. The minimum Gasteiger partial charge on any atom is -0.291 e. The van der Waals surface area contributed by atoms with Crippen LogP contribution in [0.3, 0.4) is 0 Å². The van der Waals surface area contributed by atoms with Gasteiger partial charge in [0.1, 0.15) is 28.6 Å². The molecule has 13 heteroatoms. The topological polar surface area (TPSA) is 101 Å². The van der Waals surface area contributed by atoms with E-state index in [1.165, 1.54) is 39.6 Å². The fourth-order valence-corrected chi connectivity index (χ4v) is 4.96. The summed E-state index contributed by atoms with van der Waals surface area (Å²) in [6.07, 6.45) is -3.64. The summed E-state index contributed by atoms with van der Waals surface area (Å²) in [7, 11) is -4.58. The number of aryl methyl sites for hydroxylation is 1. The number of rotatable bonds is 6. The zero-order valence-corrected chi connectivity index (χ0v) is 20.1. The highest BCUT2D eigenvalue weighted by atomic mass is 32.2. The van der Waals surface area contributed by atoms with E-state index >= 15 is 0 Å². The number of fused-ring (bicyclic) bond motifs is 1. The lowest BCUT2D eigenvalue weighted by molar-refractivity contribution is -0.147. The molecule has 7 nitrogen and oxygen atoms in total. The van der Waals surface area contributed by atoms with Crippen LogP contribution in [0.25, 0.3) is 28.1 Å². The summed E-state index contributed by atoms with van der Waals surface area (Å²) >= 11 is 0. The molecule has 0 aliphatic carbocycles. The third kappa shape index (κ3) is 4.90. The van der Waals surface area contributed by atoms with Crippen molar-refractivity contribution in [2.45, 2.75) is 37.4 Å². The first-order valence-electron chi connectivity index (χ1n) is 10.8. The average molecular weight is 535 g/mol. The molecule has 3 aromatic heterocycles. The van der Waals surface area contributed by atoms with E-state index in [9.17, 15) is 35.6 Å². The van der Waals surface area contributed by atoms with Gasteiger partial charge in [0.2, 0.25) is 16.0 Å². The number of sulfonamides is 1. The van der Waals surface area contributed by atoms with E-state index in [-0.39, 0.29) is 28.2 Å². The number of alkyl halides is 3. The van der Waals surface area contributed by atoms with Crippen LogP contribution in [-0.2, 0) is 16.4 Å². The fraction of sp³-hybridized carbons (Fsp3) is 0.208. The van der Waals surface area contributed by atoms with Crippen molar-refractivity contribution in [3.63, 3.8) is 0 Å². The van der Waals surface area contributed by atoms with Crippen molar-refractivity contribution >= 4 is 20.9 Å². The van der Waals surface area contributed by atoms with Gasteiger partial charge in [0.05, 0.1) is 22.5 Å². The highest BCUT2D eigenvalue weighted by molar-refractivity contribution is 7.89. The summed E-state index contributed by atoms with van der Waals surface area (Å²) in [5, 5.41) is 10.1. The molecule has 0 amide bonds. The third-order valence-corrected chi connectivity index (χ3v) is 7.20. The molecular formula is C24H18F5N5O2S. The molecule has 0 fully saturated rings. The minimum absolute atomic E-state index is 0.0279. The largest absolute Gasteiger partial charge is 0.404 e. The molecule has 1 atom stereocenters. The van der Waals surface area contributed by atoms with Crippen LogP contribution in [-0.4, -0.2) is 35.2 Å². The molecule has 0 bridgehead atoms. The summed E-state index contributed by atoms with van der Waals surface area (Å²) in [6, 6.07) is 8.50. The van der Waals surface area contributed by atoms with Gasteiger partial charge in [0, 0.05) is 11.6 Å². The number of nitrogens with one attached hydrogen (secondary N) is 1. The van der Waals surface area contributed by atoms with E-state index in [2.05, 4.69) is 9.97 Å². The predicted octanol–water partition coefficient (Wildman–Crippen LogP) is 5.03. The van der Waals surface area contributed by atoms with E-state index in [0.717, 1.165) is 18.3 Å². The zero-order chi connectivity index (χ0) is 27.1. The quantitative estimate of drug-likeness (QED) is 0.276. The molecule has 4 rings (SSSR count). The lowest BCUT2D eigenvalue weighted by Crippen LogP contribution is -2.42. The first kappa shape index (κ1) is 26.2. The summed E-state index contributed by atoms with van der Waals surface area (Å²) in [4.78, 5) is 7.40. The van der Waals surface area contributed by atoms with Crippen LogP contribution >= 0.6 is 0 Å². The molecule has 0 aliphatic heterocycles. The summed E-state index contributed by atoms with van der Waals surface area (Å²) < 4.78 is 95.0. The van der Waals surface area contributed by atoms with Gasteiger partial charge in [-0.1, -0.05) is 13.0 Å². The van der Waals surface area contributed by atoms with Crippen molar-refractivity contribution in [2.75, 3.05) is 0 Å². The Morgan fingerprint density at radius 2 is 1.89 bits per heavy atom. The Labute approximate surface area is 208 Å². The molecule has 0 saturated carbocycles. The lowest BCUT2D eigenvalue weighted by Gasteiger charge is -2.17. The lowest BCUT2D eigenvalue weighted by atomic mass is 10.1. The van der Waals surface area contributed by atoms with Crippen LogP contribution in [0.4, 0.5) is 22.0 Å². The van der Waals surface area contributed by atoms with Gasteiger partial charge in [-0.25, -0.2) is 17.8 Å². The van der Waals surface area contributed by atoms with Crippen molar-refractivity contribution in [3.05, 3.63) is 71.6 Å². The molecular weight excluding hydrogens is 517 g/mol. The average Bonchev–Trinajstić information content (AvgIpc) is 3.15. The first-order valence-corrected chi connectivity index (χ1v) is 12.3. The van der Waals surface area contributed by atoms with Crippen molar-refractivity contribution in [1.82, 2.24) is 19.3 Å². The number of benzene rings is 1. The van der Waals surface area contributed by atoms with Crippen molar-refractivity contribution in [1.29, 1.82) is 5.26 Å². The zero-order valence-electron chi connectivity index (χ0n) is 19.3. The van der Waals surface area contributed by atoms with Crippen molar-refractivity contribution < 1.29 is 30.4 Å². The first-order chi connectivity index (χ1) is 17.4. The van der Waals surface area contributed by atoms with Crippen LogP contribution in [0.1, 0.15) is 25.0 Å². The van der Waals surface area contributed by atoms with Crippen LogP contribution in [0.2, 0.25) is 0 Å². The van der Waals surface area contributed by atoms with Crippen LogP contribution < -0.4 is 4.72 Å². The fourth-order valence-electron chi connectivity index (χ4n) is 3.78. The Hall–Kier alpha value is -3.89. The van der Waals surface area contributed by atoms with Gasteiger partial charge in [0.25, 0.3) is 0 Å². The molecule has 0 radical (unpaired) electrons. The van der Waals surface area contributed by atoms with E-state index in [4.69, 9.17) is 0 Å². The normalized spacial score (nSPS) is 13.0. The third-order valence-electron chi connectivity index (χ3n) is 5.67. The molecule has 1 aromatic carbocycles. The Balaban J connectivity index is 1.93. The van der Waals surface area contributed by atoms with E-state index in [0.29, 0.717) is 24.4 Å². The van der Waals surface area contributed by atoms with Gasteiger partial charge in [-0.15, -0.1) is 0 Å². The molecule has 0 saturated heterocycles. The second-order valence-corrected chi connectivity index (χ2v) is 9.78. The van der Waals surface area contributed by atoms with E-state index in [1.54, 1.807) is 6.92 Å². The second-order valence-electron chi connectivity index (χ2n) is 8.07. The minimum atomic E-state index is -4.80. The maximum atomic E-state index is 14.7. The molecule has 4 aromatic rings. The van der Waals surface area contributed by atoms with Gasteiger partial charge in [-0.3, -0.25) is 9.55 Å². The summed E-state index contributed by atoms with van der Waals surface area (Å²) in [5.41, 5.74) is 0.735. The molecule has 37 heavy (non-hydrogen) atoms. The van der Waals surface area contributed by atoms with Gasteiger partial charge >= 0.3 is 6.18 Å². The maximum Gasteiger partial charge on any atom is 0.404 e. The summed E-state index contributed by atoms with van der Waals surface area (Å²) in [5.74, 6) is -1.32. The standard InChI is InChI=1S/C24H18F5N5O2S/c1-3-14-9-20-16(10-18(14)25)17(11-30)23(34(20)22-6-4-5-21(26)32-22)19-8-7-15(12-31-19)37(35,36)33-13(2)24(27,28)29/h4-10,12-13,33H,3H2,1-2H3. The van der Waals surface area contributed by atoms with Crippen LogP contribution in [0.15, 0.2) is 53.6 Å². The Morgan fingerprint density at radius 3 is 2.46 bits per heavy atom. The predicted molar refractivity (Wildman–Crippen MR) is 124 cm³/mol. The van der Waals surface area contributed by atoms with Gasteiger partial charge in [-0.2, -0.15) is 27.5 Å². The van der Waals surface area contributed by atoms with Gasteiger partial charge in [-0.05, 0) is 55.3 Å². The Bertz CT molecular complexity index is 1640. The number of aromatic nitrogens is 3. The van der Waals surface area contributed by atoms with Gasteiger partial charge < -0.3 is 0 Å². The van der Waals surface area contributed by atoms with E-state index in [1.807, 2.05) is 6.07 Å². The Kier molecular flexibility index (Phi) is 6.74. The highest BCUT2D eigenvalue weighted by Gasteiger charge is 2.39.